The third-order valence-electron chi connectivity index (χ3n) is 4.80. The van der Waals surface area contributed by atoms with Gasteiger partial charge in [-0.1, -0.05) is 11.6 Å². The number of carboxylic acid groups (broad SMARTS) is 1. The number of amides is 2. The number of nitrogens with one attached hydrogen (secondary N) is 1. The van der Waals surface area contributed by atoms with Crippen molar-refractivity contribution in [1.82, 2.24) is 5.32 Å². The number of hydrogen-bond acceptors (Lipinski definition) is 7. The number of aliphatic carboxylic acids is 1. The van der Waals surface area contributed by atoms with Crippen molar-refractivity contribution >= 4 is 58.5 Å². The van der Waals surface area contributed by atoms with Gasteiger partial charge in [-0.25, -0.2) is 0 Å². The van der Waals surface area contributed by atoms with Crippen LogP contribution in [0.25, 0.3) is 6.08 Å². The maximum Gasteiger partial charge on any atom is 0.303 e. The summed E-state index contributed by atoms with van der Waals surface area (Å²) in [5, 5.41) is 11.7. The van der Waals surface area contributed by atoms with Crippen molar-refractivity contribution in [2.45, 2.75) is 12.8 Å². The van der Waals surface area contributed by atoms with Crippen LogP contribution in [0.5, 0.6) is 17.2 Å². The van der Waals surface area contributed by atoms with Gasteiger partial charge in [0.15, 0.2) is 5.11 Å². The summed E-state index contributed by atoms with van der Waals surface area (Å²) in [5.41, 5.74) is 0.592. The highest BCUT2D eigenvalue weighted by Gasteiger charge is 2.35. The smallest absolute Gasteiger partial charge is 0.303 e. The van der Waals surface area contributed by atoms with Crippen LogP contribution in [-0.4, -0.2) is 48.8 Å². The molecule has 2 aromatic rings. The summed E-state index contributed by atoms with van der Waals surface area (Å²) in [5.74, 6) is -1.26. The Labute approximate surface area is 205 Å². The van der Waals surface area contributed by atoms with Gasteiger partial charge >= 0.3 is 5.97 Å². The lowest BCUT2D eigenvalue weighted by Gasteiger charge is -2.29. The Morgan fingerprint density at radius 3 is 2.32 bits per heavy atom. The molecule has 3 rings (SSSR count). The van der Waals surface area contributed by atoms with Crippen molar-refractivity contribution < 1.29 is 33.7 Å². The molecule has 1 heterocycles. The van der Waals surface area contributed by atoms with E-state index >= 15 is 0 Å². The zero-order valence-corrected chi connectivity index (χ0v) is 19.9. The van der Waals surface area contributed by atoms with E-state index in [0.29, 0.717) is 28.4 Å². The Kier molecular flexibility index (Phi) is 8.08. The van der Waals surface area contributed by atoms with Gasteiger partial charge in [0.25, 0.3) is 11.8 Å². The standard InChI is InChI=1S/C23H21ClN2O7S/c1-31-18-10-15(33-9-3-4-20(27)28)11-19(32-2)16(18)12-17-21(29)25-23(34)26(22(17)30)14-7-5-13(24)6-8-14/h5-8,10-12H,3-4,9H2,1-2H3,(H,27,28)(H,25,29,34). The third kappa shape index (κ3) is 5.64. The summed E-state index contributed by atoms with van der Waals surface area (Å²) in [6, 6.07) is 9.55. The Balaban J connectivity index is 1.96. The summed E-state index contributed by atoms with van der Waals surface area (Å²) in [7, 11) is 2.84. The molecule has 0 radical (unpaired) electrons. The first-order valence-corrected chi connectivity index (χ1v) is 10.8. The van der Waals surface area contributed by atoms with Gasteiger partial charge in [-0.15, -0.1) is 0 Å². The molecule has 0 aliphatic carbocycles. The second-order valence-corrected chi connectivity index (χ2v) is 7.84. The van der Waals surface area contributed by atoms with Gasteiger partial charge in [-0.2, -0.15) is 0 Å². The van der Waals surface area contributed by atoms with E-state index in [4.69, 9.17) is 43.1 Å². The van der Waals surface area contributed by atoms with E-state index in [1.54, 1.807) is 36.4 Å². The average Bonchev–Trinajstić information content (AvgIpc) is 2.80. The number of benzene rings is 2. The van der Waals surface area contributed by atoms with Gasteiger partial charge in [0.05, 0.1) is 32.1 Å². The Hall–Kier alpha value is -3.63. The molecule has 178 valence electrons. The minimum Gasteiger partial charge on any atom is -0.496 e. The van der Waals surface area contributed by atoms with Crippen LogP contribution >= 0.6 is 23.8 Å². The summed E-state index contributed by atoms with van der Waals surface area (Å²) < 4.78 is 16.5. The zero-order chi connectivity index (χ0) is 24.8. The first-order valence-electron chi connectivity index (χ1n) is 10.0. The fraction of sp³-hybridized carbons (Fsp3) is 0.217. The number of nitrogens with zero attached hydrogens (tertiary/aromatic N) is 1. The lowest BCUT2D eigenvalue weighted by molar-refractivity contribution is -0.137. The van der Waals surface area contributed by atoms with Crippen molar-refractivity contribution in [2.75, 3.05) is 25.7 Å². The molecular weight excluding hydrogens is 484 g/mol. The van der Waals surface area contributed by atoms with Crippen LogP contribution in [0.3, 0.4) is 0 Å². The molecule has 0 bridgehead atoms. The van der Waals surface area contributed by atoms with Gasteiger partial charge in [0.1, 0.15) is 22.8 Å². The second kappa shape index (κ2) is 11.0. The molecule has 11 heteroatoms. The highest BCUT2D eigenvalue weighted by atomic mass is 35.5. The molecule has 0 spiro atoms. The average molecular weight is 505 g/mol. The van der Waals surface area contributed by atoms with Crippen LogP contribution in [0.2, 0.25) is 5.02 Å². The van der Waals surface area contributed by atoms with Crippen molar-refractivity contribution in [3.05, 3.63) is 52.6 Å². The molecule has 9 nitrogen and oxygen atoms in total. The number of carboxylic acids is 1. The van der Waals surface area contributed by atoms with E-state index in [1.165, 1.54) is 25.2 Å². The van der Waals surface area contributed by atoms with Crippen molar-refractivity contribution in [2.24, 2.45) is 0 Å². The van der Waals surface area contributed by atoms with E-state index in [2.05, 4.69) is 5.32 Å². The van der Waals surface area contributed by atoms with Gasteiger partial charge in [0.2, 0.25) is 0 Å². The van der Waals surface area contributed by atoms with E-state index < -0.39 is 17.8 Å². The fourth-order valence-electron chi connectivity index (χ4n) is 3.18. The maximum absolute atomic E-state index is 13.3. The molecule has 0 atom stereocenters. The van der Waals surface area contributed by atoms with Crippen LogP contribution in [-0.2, 0) is 14.4 Å². The molecular formula is C23H21ClN2O7S. The minimum absolute atomic E-state index is 0.0261. The molecule has 34 heavy (non-hydrogen) atoms. The van der Waals surface area contributed by atoms with E-state index in [1.807, 2.05) is 0 Å². The Morgan fingerprint density at radius 1 is 1.15 bits per heavy atom. The second-order valence-electron chi connectivity index (χ2n) is 7.02. The quantitative estimate of drug-likeness (QED) is 0.231. The topological polar surface area (TPSA) is 114 Å². The van der Waals surface area contributed by atoms with Crippen LogP contribution < -0.4 is 24.4 Å². The molecule has 0 aromatic heterocycles. The molecule has 2 N–H and O–H groups in total. The summed E-state index contributed by atoms with van der Waals surface area (Å²) in [6.07, 6.45) is 1.65. The number of methoxy groups -OCH3 is 2. The summed E-state index contributed by atoms with van der Waals surface area (Å²) >= 11 is 11.1. The molecule has 1 fully saturated rings. The minimum atomic E-state index is -0.914. The molecule has 0 unspecified atom stereocenters. The monoisotopic (exact) mass is 504 g/mol. The number of hydrogen-bond donors (Lipinski definition) is 2. The fourth-order valence-corrected chi connectivity index (χ4v) is 3.59. The summed E-state index contributed by atoms with van der Waals surface area (Å²) in [4.78, 5) is 37.8. The normalized spacial score (nSPS) is 14.7. The van der Waals surface area contributed by atoms with Crippen LogP contribution in [0.15, 0.2) is 42.0 Å². The number of thiocarbonyl (C=S) groups is 1. The van der Waals surface area contributed by atoms with E-state index in [-0.39, 0.29) is 35.2 Å². The van der Waals surface area contributed by atoms with E-state index in [0.717, 1.165) is 0 Å². The summed E-state index contributed by atoms with van der Waals surface area (Å²) in [6.45, 7) is 0.174. The molecule has 2 aromatic carbocycles. The van der Waals surface area contributed by atoms with Crippen molar-refractivity contribution in [1.29, 1.82) is 0 Å². The van der Waals surface area contributed by atoms with Gasteiger partial charge in [-0.05, 0) is 49.0 Å². The number of anilines is 1. The first kappa shape index (κ1) is 25.0. The highest BCUT2D eigenvalue weighted by Crippen LogP contribution is 2.36. The molecule has 1 aliphatic rings. The van der Waals surface area contributed by atoms with Crippen LogP contribution in [0, 0.1) is 0 Å². The SMILES string of the molecule is COc1cc(OCCCC(=O)O)cc(OC)c1C=C1C(=O)NC(=S)N(c2ccc(Cl)cc2)C1=O. The van der Waals surface area contributed by atoms with E-state index in [9.17, 15) is 14.4 Å². The maximum atomic E-state index is 13.3. The first-order chi connectivity index (χ1) is 16.2. The number of ether oxygens (including phenoxy) is 3. The third-order valence-corrected chi connectivity index (χ3v) is 5.33. The van der Waals surface area contributed by atoms with Crippen molar-refractivity contribution in [3.8, 4) is 17.2 Å². The molecule has 0 saturated carbocycles. The lowest BCUT2D eigenvalue weighted by Crippen LogP contribution is -2.54. The molecule has 1 aliphatic heterocycles. The predicted octanol–water partition coefficient (Wildman–Crippen LogP) is 3.43. The molecule has 2 amide bonds. The largest absolute Gasteiger partial charge is 0.496 e. The van der Waals surface area contributed by atoms with Crippen LogP contribution in [0.1, 0.15) is 18.4 Å². The number of rotatable bonds is 9. The van der Waals surface area contributed by atoms with Gasteiger partial charge in [-0.3, -0.25) is 24.6 Å². The Morgan fingerprint density at radius 2 is 1.76 bits per heavy atom. The zero-order valence-electron chi connectivity index (χ0n) is 18.3. The lowest BCUT2D eigenvalue weighted by atomic mass is 10.0. The van der Waals surface area contributed by atoms with Crippen LogP contribution in [0.4, 0.5) is 5.69 Å². The highest BCUT2D eigenvalue weighted by molar-refractivity contribution is 7.80. The Bertz CT molecular complexity index is 1140. The number of carbonyl (C=O) groups is 3. The van der Waals surface area contributed by atoms with Gasteiger partial charge < -0.3 is 19.3 Å². The predicted molar refractivity (Wildman–Crippen MR) is 130 cm³/mol. The molecule has 1 saturated heterocycles. The number of carbonyl (C=O) groups excluding carboxylic acids is 2. The van der Waals surface area contributed by atoms with Gasteiger partial charge in [0, 0.05) is 23.6 Å². The van der Waals surface area contributed by atoms with Crippen molar-refractivity contribution in [3.63, 3.8) is 0 Å². The number of halogens is 1.